The lowest BCUT2D eigenvalue weighted by Gasteiger charge is -2.09. The summed E-state index contributed by atoms with van der Waals surface area (Å²) in [6, 6.07) is 3.71. The van der Waals surface area contributed by atoms with Gasteiger partial charge in [-0.2, -0.15) is 0 Å². The van der Waals surface area contributed by atoms with E-state index in [1.165, 1.54) is 32.4 Å². The molecule has 0 aliphatic heterocycles. The van der Waals surface area contributed by atoms with Gasteiger partial charge in [0.25, 0.3) is 0 Å². The van der Waals surface area contributed by atoms with E-state index in [9.17, 15) is 8.78 Å². The van der Waals surface area contributed by atoms with Gasteiger partial charge in [-0.15, -0.1) is 11.3 Å². The van der Waals surface area contributed by atoms with Crippen molar-refractivity contribution in [2.45, 2.75) is 6.29 Å². The Bertz CT molecular complexity index is 520. The maximum atomic E-state index is 13.6. The highest BCUT2D eigenvalue weighted by Crippen LogP contribution is 2.31. The van der Waals surface area contributed by atoms with Crippen LogP contribution >= 0.6 is 11.3 Å². The number of ether oxygens (including phenoxy) is 2. The van der Waals surface area contributed by atoms with Gasteiger partial charge in [0.05, 0.1) is 5.56 Å². The number of methoxy groups -OCH3 is 2. The van der Waals surface area contributed by atoms with Crippen LogP contribution in [0.15, 0.2) is 23.6 Å². The smallest absolute Gasteiger partial charge is 0.201 e. The van der Waals surface area contributed by atoms with Gasteiger partial charge < -0.3 is 9.47 Å². The van der Waals surface area contributed by atoms with Crippen LogP contribution < -0.4 is 0 Å². The van der Waals surface area contributed by atoms with Crippen LogP contribution in [0.3, 0.4) is 0 Å². The molecule has 6 heteroatoms. The van der Waals surface area contributed by atoms with Gasteiger partial charge in [0.1, 0.15) is 22.3 Å². The average molecular weight is 271 g/mol. The zero-order valence-corrected chi connectivity index (χ0v) is 10.6. The van der Waals surface area contributed by atoms with Gasteiger partial charge in [-0.3, -0.25) is 0 Å². The molecule has 3 nitrogen and oxygen atoms in total. The van der Waals surface area contributed by atoms with Gasteiger partial charge in [0.15, 0.2) is 0 Å². The number of rotatable bonds is 4. The summed E-state index contributed by atoms with van der Waals surface area (Å²) in [6.07, 6.45) is -0.634. The van der Waals surface area contributed by atoms with E-state index in [2.05, 4.69) is 4.98 Å². The zero-order valence-electron chi connectivity index (χ0n) is 9.81. The summed E-state index contributed by atoms with van der Waals surface area (Å²) in [7, 11) is 2.94. The number of benzene rings is 1. The van der Waals surface area contributed by atoms with Crippen LogP contribution in [-0.2, 0) is 9.47 Å². The van der Waals surface area contributed by atoms with E-state index in [4.69, 9.17) is 9.47 Å². The van der Waals surface area contributed by atoms with Crippen LogP contribution in [-0.4, -0.2) is 19.2 Å². The van der Waals surface area contributed by atoms with Crippen molar-refractivity contribution in [3.8, 4) is 10.6 Å². The lowest BCUT2D eigenvalue weighted by molar-refractivity contribution is -0.108. The Hall–Kier alpha value is -1.37. The average Bonchev–Trinajstić information content (AvgIpc) is 2.80. The van der Waals surface area contributed by atoms with Crippen molar-refractivity contribution in [2.24, 2.45) is 0 Å². The van der Waals surface area contributed by atoms with Crippen molar-refractivity contribution >= 4 is 11.3 Å². The van der Waals surface area contributed by atoms with E-state index >= 15 is 0 Å². The highest BCUT2D eigenvalue weighted by atomic mass is 32.1. The topological polar surface area (TPSA) is 31.4 Å². The normalized spacial score (nSPS) is 11.2. The standard InChI is InChI=1S/C12H11F2NO2S/c1-16-12(17-2)9-6-18-11(15-9)10-7(13)4-3-5-8(10)14/h3-6,12H,1-2H3. The fourth-order valence-corrected chi connectivity index (χ4v) is 2.42. The quantitative estimate of drug-likeness (QED) is 0.799. The Morgan fingerprint density at radius 1 is 1.17 bits per heavy atom. The summed E-state index contributed by atoms with van der Waals surface area (Å²) in [5.74, 6) is -1.27. The molecule has 2 aromatic rings. The Morgan fingerprint density at radius 3 is 2.33 bits per heavy atom. The Morgan fingerprint density at radius 2 is 1.78 bits per heavy atom. The van der Waals surface area contributed by atoms with Gasteiger partial charge in [0, 0.05) is 19.6 Å². The molecule has 2 rings (SSSR count). The predicted molar refractivity (Wildman–Crippen MR) is 64.2 cm³/mol. The van der Waals surface area contributed by atoms with Gasteiger partial charge in [-0.25, -0.2) is 13.8 Å². The molecule has 1 aromatic carbocycles. The molecule has 0 aliphatic carbocycles. The fraction of sp³-hybridized carbons (Fsp3) is 0.250. The Labute approximate surface area is 107 Å². The molecule has 96 valence electrons. The minimum absolute atomic E-state index is 0.125. The number of hydrogen-bond donors (Lipinski definition) is 0. The van der Waals surface area contributed by atoms with Gasteiger partial charge in [-0.1, -0.05) is 6.07 Å². The Balaban J connectivity index is 2.41. The van der Waals surface area contributed by atoms with Crippen LogP contribution in [0.1, 0.15) is 12.0 Å². The summed E-state index contributed by atoms with van der Waals surface area (Å²) < 4.78 is 37.2. The third kappa shape index (κ3) is 2.40. The third-order valence-corrected chi connectivity index (χ3v) is 3.25. The molecular weight excluding hydrogens is 260 g/mol. The fourth-order valence-electron chi connectivity index (χ4n) is 1.55. The van der Waals surface area contributed by atoms with Crippen LogP contribution in [0, 0.1) is 11.6 Å². The summed E-state index contributed by atoms with van der Waals surface area (Å²) in [4.78, 5) is 4.13. The molecule has 0 spiro atoms. The summed E-state index contributed by atoms with van der Waals surface area (Å²) >= 11 is 1.14. The maximum Gasteiger partial charge on any atom is 0.201 e. The van der Waals surface area contributed by atoms with Gasteiger partial charge in [0.2, 0.25) is 6.29 Å². The molecule has 18 heavy (non-hydrogen) atoms. The molecule has 0 saturated heterocycles. The molecule has 0 saturated carbocycles. The highest BCUT2D eigenvalue weighted by molar-refractivity contribution is 7.13. The SMILES string of the molecule is COC(OC)c1csc(-c2c(F)cccc2F)n1. The van der Waals surface area contributed by atoms with Crippen LogP contribution in [0.5, 0.6) is 0 Å². The molecule has 0 unspecified atom stereocenters. The number of thiazole rings is 1. The van der Waals surface area contributed by atoms with Crippen LogP contribution in [0.4, 0.5) is 8.78 Å². The van der Waals surface area contributed by atoms with Crippen molar-refractivity contribution < 1.29 is 18.3 Å². The van der Waals surface area contributed by atoms with Crippen LogP contribution in [0.2, 0.25) is 0 Å². The summed E-state index contributed by atoms with van der Waals surface area (Å²) in [5.41, 5.74) is 0.363. The molecule has 0 radical (unpaired) electrons. The molecule has 0 N–H and O–H groups in total. The van der Waals surface area contributed by atoms with Crippen molar-refractivity contribution in [3.63, 3.8) is 0 Å². The molecule has 0 aliphatic rings. The van der Waals surface area contributed by atoms with Gasteiger partial charge in [-0.05, 0) is 12.1 Å². The lowest BCUT2D eigenvalue weighted by Crippen LogP contribution is -2.03. The molecule has 0 atom stereocenters. The molecular formula is C12H11F2NO2S. The monoisotopic (exact) mass is 271 g/mol. The van der Waals surface area contributed by atoms with E-state index in [1.54, 1.807) is 5.38 Å². The minimum Gasteiger partial charge on any atom is -0.350 e. The molecule has 1 heterocycles. The van der Waals surface area contributed by atoms with E-state index in [0.717, 1.165) is 11.3 Å². The first kappa shape index (κ1) is 13.1. The minimum atomic E-state index is -0.637. The second-order valence-corrected chi connectivity index (χ2v) is 4.34. The van der Waals surface area contributed by atoms with E-state index < -0.39 is 17.9 Å². The molecule has 1 aromatic heterocycles. The lowest BCUT2D eigenvalue weighted by atomic mass is 10.2. The predicted octanol–water partition coefficient (Wildman–Crippen LogP) is 3.38. The van der Waals surface area contributed by atoms with E-state index in [0.29, 0.717) is 5.69 Å². The second kappa shape index (κ2) is 5.51. The summed E-state index contributed by atoms with van der Waals surface area (Å²) in [6.45, 7) is 0. The first-order valence-electron chi connectivity index (χ1n) is 5.12. The number of hydrogen-bond acceptors (Lipinski definition) is 4. The van der Waals surface area contributed by atoms with E-state index in [-0.39, 0.29) is 10.6 Å². The van der Waals surface area contributed by atoms with Gasteiger partial charge >= 0.3 is 0 Å². The largest absolute Gasteiger partial charge is 0.350 e. The molecule has 0 amide bonds. The number of halogens is 2. The highest BCUT2D eigenvalue weighted by Gasteiger charge is 2.18. The van der Waals surface area contributed by atoms with Crippen molar-refractivity contribution in [3.05, 3.63) is 40.9 Å². The molecule has 0 fully saturated rings. The first-order chi connectivity index (χ1) is 8.67. The van der Waals surface area contributed by atoms with Crippen molar-refractivity contribution in [1.29, 1.82) is 0 Å². The van der Waals surface area contributed by atoms with E-state index in [1.807, 2.05) is 0 Å². The zero-order chi connectivity index (χ0) is 13.1. The second-order valence-electron chi connectivity index (χ2n) is 3.48. The van der Waals surface area contributed by atoms with Crippen LogP contribution in [0.25, 0.3) is 10.6 Å². The number of aromatic nitrogens is 1. The Kier molecular flexibility index (Phi) is 4.00. The first-order valence-corrected chi connectivity index (χ1v) is 6.00. The van der Waals surface area contributed by atoms with Crippen molar-refractivity contribution in [2.75, 3.05) is 14.2 Å². The van der Waals surface area contributed by atoms with Crippen molar-refractivity contribution in [1.82, 2.24) is 4.98 Å². The number of nitrogens with zero attached hydrogens (tertiary/aromatic N) is 1. The maximum absolute atomic E-state index is 13.6. The molecule has 0 bridgehead atoms. The third-order valence-electron chi connectivity index (χ3n) is 2.37. The summed E-state index contributed by atoms with van der Waals surface area (Å²) in [5, 5.41) is 1.92.